The van der Waals surface area contributed by atoms with E-state index < -0.39 is 82.5 Å². The molecule has 3 atom stereocenters. The van der Waals surface area contributed by atoms with Crippen LogP contribution in [0, 0.1) is 0 Å². The Morgan fingerprint density at radius 3 is 1.49 bits per heavy atom. The Morgan fingerprint density at radius 1 is 0.542 bits per heavy atom. The zero-order valence-corrected chi connectivity index (χ0v) is 42.0. The van der Waals surface area contributed by atoms with Gasteiger partial charge in [0.25, 0.3) is 0 Å². The molecule has 5 aromatic carbocycles. The van der Waals surface area contributed by atoms with Gasteiger partial charge in [0, 0.05) is 24.4 Å². The van der Waals surface area contributed by atoms with Gasteiger partial charge in [-0.2, -0.15) is 0 Å². The first-order valence-corrected chi connectivity index (χ1v) is 24.3. The van der Waals surface area contributed by atoms with Crippen LogP contribution in [-0.4, -0.2) is 90.1 Å². The Kier molecular flexibility index (Phi) is 19.8. The summed E-state index contributed by atoms with van der Waals surface area (Å²) in [5, 5.41) is 15.6. The third kappa shape index (κ3) is 17.5. The number of nitrogens with two attached hydrogens (primary N) is 1. The molecule has 0 heterocycles. The fourth-order valence-corrected chi connectivity index (χ4v) is 8.80. The topological polar surface area (TPSA) is 245 Å². The molecule has 5 rings (SSSR count). The van der Waals surface area contributed by atoms with E-state index in [0.29, 0.717) is 11.3 Å². The predicted molar refractivity (Wildman–Crippen MR) is 276 cm³/mol. The molecular weight excluding hydrogens is 939 g/mol. The molecule has 0 aliphatic carbocycles. The summed E-state index contributed by atoms with van der Waals surface area (Å²) < 4.78 is 15.4. The van der Waals surface area contributed by atoms with Crippen LogP contribution in [0.5, 0.6) is 5.75 Å². The van der Waals surface area contributed by atoms with Crippen molar-refractivity contribution in [2.24, 2.45) is 5.73 Å². The molecule has 0 saturated carbocycles. The van der Waals surface area contributed by atoms with Crippen molar-refractivity contribution in [3.8, 4) is 5.75 Å². The zero-order chi connectivity index (χ0) is 52.3. The van der Waals surface area contributed by atoms with Crippen molar-refractivity contribution in [2.45, 2.75) is 88.5 Å². The van der Waals surface area contributed by atoms with Gasteiger partial charge < -0.3 is 51.8 Å². The van der Waals surface area contributed by atoms with E-state index in [4.69, 9.17) is 19.9 Å². The van der Waals surface area contributed by atoms with E-state index in [1.807, 2.05) is 97.1 Å². The first kappa shape index (κ1) is 55.1. The van der Waals surface area contributed by atoms with Gasteiger partial charge in [-0.05, 0) is 94.5 Å². The second kappa shape index (κ2) is 25.8. The van der Waals surface area contributed by atoms with Crippen molar-refractivity contribution in [2.75, 3.05) is 24.2 Å². The van der Waals surface area contributed by atoms with Gasteiger partial charge in [0.1, 0.15) is 35.1 Å². The molecule has 0 saturated heterocycles. The number of nitrogens with one attached hydrogen (secondary N) is 6. The Bertz CT molecular complexity index is 2500. The third-order valence-electron chi connectivity index (χ3n) is 10.4. The minimum absolute atomic E-state index is 0.0597. The zero-order valence-electron chi connectivity index (χ0n) is 41.2. The van der Waals surface area contributed by atoms with E-state index in [0.717, 1.165) is 16.7 Å². The lowest BCUT2D eigenvalue weighted by Gasteiger charge is -2.36. The quantitative estimate of drug-likeness (QED) is 0.0371. The minimum atomic E-state index is -1.29. The number of rotatable bonds is 21. The molecule has 0 bridgehead atoms. The smallest absolute Gasteiger partial charge is 0.412 e. The number of carbonyl (C=O) groups is 7. The summed E-state index contributed by atoms with van der Waals surface area (Å²) in [6.07, 6.45) is -2.65. The maximum atomic E-state index is 13.6. The average Bonchev–Trinajstić information content (AvgIpc) is 3.33. The number of hydrogen-bond acceptors (Lipinski definition) is 11. The maximum absolute atomic E-state index is 13.6. The highest BCUT2D eigenvalue weighted by molar-refractivity contribution is 8.00. The standard InChI is InChI=1S/C54H63N7O10S/c1-52(2,3)70-50(67)60-42(31-32-56-49(66)69-41-29-27-36(28-30-41)33-43(61-51(68)71-53(4,5)6)48(65)58-40-25-17-10-18-26-40)47(64)57-34-45(62)59-44(46(55)63)35-72-54(37-19-11-7-12-20-37,38-21-13-8-14-22-38)39-23-15-9-16-24-39/h7-30,42-44H,31-35H2,1-6H3,(H2,55,63)(H,56,66)(H,57,64)(H,58,65)(H,59,62)(H,60,67)(H,61,68). The number of carbonyl (C=O) groups excluding carboxylic acids is 7. The van der Waals surface area contributed by atoms with Crippen molar-refractivity contribution < 1.29 is 47.8 Å². The fourth-order valence-electron chi connectivity index (χ4n) is 7.23. The molecule has 5 aromatic rings. The molecule has 0 radical (unpaired) electrons. The number of ether oxygens (including phenoxy) is 3. The molecular formula is C54H63N7O10S. The van der Waals surface area contributed by atoms with E-state index in [1.54, 1.807) is 77.9 Å². The Hall–Kier alpha value is -7.86. The summed E-state index contributed by atoms with van der Waals surface area (Å²) in [5.41, 5.74) is 8.15. The van der Waals surface area contributed by atoms with Crippen molar-refractivity contribution in [1.29, 1.82) is 0 Å². The number of amides is 7. The number of anilines is 1. The van der Waals surface area contributed by atoms with Gasteiger partial charge in [-0.1, -0.05) is 121 Å². The van der Waals surface area contributed by atoms with Gasteiger partial charge >= 0.3 is 18.3 Å². The van der Waals surface area contributed by atoms with Gasteiger partial charge in [-0.3, -0.25) is 19.2 Å². The lowest BCUT2D eigenvalue weighted by atomic mass is 9.84. The lowest BCUT2D eigenvalue weighted by Crippen LogP contribution is -2.53. The molecule has 0 aromatic heterocycles. The van der Waals surface area contributed by atoms with E-state index in [-0.39, 0.29) is 30.9 Å². The SMILES string of the molecule is CC(C)(C)OC(=O)NC(CCNC(=O)Oc1ccc(CC(NC(=O)OC(C)(C)C)C(=O)Nc2ccccc2)cc1)C(=O)NCC(=O)NC(CSC(c1ccccc1)(c1ccccc1)c1ccccc1)C(N)=O. The van der Waals surface area contributed by atoms with E-state index in [2.05, 4.69) is 31.9 Å². The van der Waals surface area contributed by atoms with Gasteiger partial charge in [0.05, 0.1) is 11.3 Å². The first-order valence-electron chi connectivity index (χ1n) is 23.3. The molecule has 7 amide bonds. The highest BCUT2D eigenvalue weighted by Gasteiger charge is 2.38. The highest BCUT2D eigenvalue weighted by atomic mass is 32.2. The van der Waals surface area contributed by atoms with E-state index in [9.17, 15) is 33.6 Å². The Balaban J connectivity index is 1.19. The molecule has 3 unspecified atom stereocenters. The second-order valence-corrected chi connectivity index (χ2v) is 19.8. The Labute approximate surface area is 424 Å². The largest absolute Gasteiger partial charge is 0.444 e. The summed E-state index contributed by atoms with van der Waals surface area (Å²) in [5.74, 6) is -2.55. The normalized spacial score (nSPS) is 12.6. The number of alkyl carbamates (subject to hydrolysis) is 2. The van der Waals surface area contributed by atoms with Crippen LogP contribution in [0.3, 0.4) is 0 Å². The van der Waals surface area contributed by atoms with Crippen molar-refractivity contribution in [3.05, 3.63) is 168 Å². The third-order valence-corrected chi connectivity index (χ3v) is 12.1. The van der Waals surface area contributed by atoms with Crippen LogP contribution in [0.1, 0.15) is 70.2 Å². The molecule has 380 valence electrons. The van der Waals surface area contributed by atoms with Crippen LogP contribution >= 0.6 is 11.8 Å². The molecule has 0 fully saturated rings. The number of primary amides is 1. The number of hydrogen-bond donors (Lipinski definition) is 7. The van der Waals surface area contributed by atoms with Gasteiger partial charge in [0.15, 0.2) is 0 Å². The summed E-state index contributed by atoms with van der Waals surface area (Å²) in [6.45, 7) is 9.32. The first-order chi connectivity index (χ1) is 34.2. The molecule has 17 nitrogen and oxygen atoms in total. The highest BCUT2D eigenvalue weighted by Crippen LogP contribution is 2.48. The van der Waals surface area contributed by atoms with Crippen molar-refractivity contribution in [1.82, 2.24) is 26.6 Å². The van der Waals surface area contributed by atoms with E-state index in [1.165, 1.54) is 23.9 Å². The van der Waals surface area contributed by atoms with Crippen molar-refractivity contribution in [3.63, 3.8) is 0 Å². The van der Waals surface area contributed by atoms with Crippen LogP contribution < -0.4 is 42.4 Å². The predicted octanol–water partition coefficient (Wildman–Crippen LogP) is 6.94. The van der Waals surface area contributed by atoms with E-state index >= 15 is 0 Å². The van der Waals surface area contributed by atoms with Crippen LogP contribution in [0.2, 0.25) is 0 Å². The molecule has 18 heteroatoms. The average molecular weight is 1000 g/mol. The van der Waals surface area contributed by atoms with Gasteiger partial charge in [-0.15, -0.1) is 11.8 Å². The lowest BCUT2D eigenvalue weighted by molar-refractivity contribution is -0.129. The molecule has 0 aliphatic heterocycles. The minimum Gasteiger partial charge on any atom is -0.444 e. The number of para-hydroxylation sites is 1. The maximum Gasteiger partial charge on any atom is 0.412 e. The van der Waals surface area contributed by atoms with Gasteiger partial charge in [0.2, 0.25) is 23.6 Å². The summed E-state index contributed by atoms with van der Waals surface area (Å²) in [6, 6.07) is 41.0. The van der Waals surface area contributed by atoms with Gasteiger partial charge in [-0.25, -0.2) is 14.4 Å². The molecule has 0 aliphatic rings. The second-order valence-electron chi connectivity index (χ2n) is 18.5. The Morgan fingerprint density at radius 2 is 1.01 bits per heavy atom. The molecule has 0 spiro atoms. The molecule has 8 N–H and O–H groups in total. The van der Waals surface area contributed by atoms with Crippen LogP contribution in [0.25, 0.3) is 0 Å². The fraction of sp³-hybridized carbons (Fsp3) is 0.315. The van der Waals surface area contributed by atoms with Crippen molar-refractivity contribution >= 4 is 59.4 Å². The molecule has 72 heavy (non-hydrogen) atoms. The summed E-state index contributed by atoms with van der Waals surface area (Å²) >= 11 is 1.43. The van der Waals surface area contributed by atoms with Crippen LogP contribution in [0.4, 0.5) is 20.1 Å². The number of benzene rings is 5. The summed E-state index contributed by atoms with van der Waals surface area (Å²) in [7, 11) is 0. The van der Waals surface area contributed by atoms with Crippen LogP contribution in [-0.2, 0) is 39.8 Å². The monoisotopic (exact) mass is 1000 g/mol. The summed E-state index contributed by atoms with van der Waals surface area (Å²) in [4.78, 5) is 91.6. The van der Waals surface area contributed by atoms with Crippen LogP contribution in [0.15, 0.2) is 146 Å². The number of thioether (sulfide) groups is 1.